The number of carbonyl (C=O) groups excluding carboxylic acids is 1. The van der Waals surface area contributed by atoms with E-state index in [0.29, 0.717) is 12.2 Å². The van der Waals surface area contributed by atoms with E-state index in [-0.39, 0.29) is 6.61 Å². The quantitative estimate of drug-likeness (QED) is 0.512. The molecule has 3 nitrogen and oxygen atoms in total. The van der Waals surface area contributed by atoms with Crippen molar-refractivity contribution in [3.8, 4) is 0 Å². The molecule has 0 radical (unpaired) electrons. The molecular formula is C7H15FO3S. The predicted molar refractivity (Wildman–Crippen MR) is 48.4 cm³/mol. The van der Waals surface area contributed by atoms with Crippen molar-refractivity contribution < 1.29 is 18.2 Å². The molecule has 0 atom stereocenters. The number of hydrogen-bond acceptors (Lipinski definition) is 3. The van der Waals surface area contributed by atoms with Crippen molar-refractivity contribution in [2.45, 2.75) is 6.42 Å². The molecule has 0 heterocycles. The molecule has 0 unspecified atom stereocenters. The molecule has 0 aliphatic rings. The summed E-state index contributed by atoms with van der Waals surface area (Å²) in [5.74, 6) is 0.462. The molecule has 0 aromatic rings. The van der Waals surface area contributed by atoms with Crippen LogP contribution in [-0.4, -0.2) is 38.1 Å². The zero-order chi connectivity index (χ0) is 9.61. The van der Waals surface area contributed by atoms with Crippen molar-refractivity contribution in [1.82, 2.24) is 0 Å². The first-order chi connectivity index (χ1) is 5.45. The Morgan fingerprint density at radius 3 is 2.50 bits per heavy atom. The lowest BCUT2D eigenvalue weighted by Gasteiger charge is -2.18. The molecule has 0 amide bonds. The van der Waals surface area contributed by atoms with Crippen LogP contribution in [-0.2, 0) is 9.47 Å². The highest BCUT2D eigenvalue weighted by atomic mass is 32.3. The first kappa shape index (κ1) is 11.6. The molecule has 0 N–H and O–H groups in total. The average molecular weight is 198 g/mol. The number of methoxy groups -OCH3 is 1. The second kappa shape index (κ2) is 5.24. The van der Waals surface area contributed by atoms with Gasteiger partial charge in [0.1, 0.15) is 0 Å². The molecule has 0 saturated heterocycles. The SMILES string of the molecule is COC(=O)OCCCS(C)(C)F. The van der Waals surface area contributed by atoms with Gasteiger partial charge >= 0.3 is 6.16 Å². The Bertz CT molecular complexity index is 144. The van der Waals surface area contributed by atoms with Gasteiger partial charge in [-0.1, -0.05) is 10.4 Å². The lowest BCUT2D eigenvalue weighted by atomic mass is 10.5. The molecule has 0 aliphatic carbocycles. The van der Waals surface area contributed by atoms with Crippen molar-refractivity contribution in [3.63, 3.8) is 0 Å². The van der Waals surface area contributed by atoms with Crippen LogP contribution in [0.2, 0.25) is 0 Å². The van der Waals surface area contributed by atoms with Crippen LogP contribution >= 0.6 is 10.4 Å². The van der Waals surface area contributed by atoms with Gasteiger partial charge in [-0.25, -0.2) is 4.79 Å². The van der Waals surface area contributed by atoms with Crippen molar-refractivity contribution in [1.29, 1.82) is 0 Å². The molecular weight excluding hydrogens is 183 g/mol. The van der Waals surface area contributed by atoms with Gasteiger partial charge in [-0.15, -0.1) is 0 Å². The molecule has 0 aliphatic heterocycles. The summed E-state index contributed by atoms with van der Waals surface area (Å²) in [7, 11) is -0.718. The lowest BCUT2D eigenvalue weighted by molar-refractivity contribution is 0.0730. The van der Waals surface area contributed by atoms with Crippen molar-refractivity contribution in [3.05, 3.63) is 0 Å². The molecule has 74 valence electrons. The zero-order valence-electron chi connectivity index (χ0n) is 7.63. The van der Waals surface area contributed by atoms with Crippen molar-refractivity contribution in [2.75, 3.05) is 32.0 Å². The Morgan fingerprint density at radius 2 is 2.08 bits per heavy atom. The summed E-state index contributed by atoms with van der Waals surface area (Å²) in [5.41, 5.74) is 0. The van der Waals surface area contributed by atoms with Gasteiger partial charge in [0, 0.05) is 5.75 Å². The van der Waals surface area contributed by atoms with Crippen molar-refractivity contribution in [2.24, 2.45) is 0 Å². The topological polar surface area (TPSA) is 35.5 Å². The summed E-state index contributed by atoms with van der Waals surface area (Å²) in [6.07, 6.45) is 2.99. The predicted octanol–water partition coefficient (Wildman–Crippen LogP) is 2.11. The van der Waals surface area contributed by atoms with Gasteiger partial charge in [-0.05, 0) is 18.9 Å². The summed E-state index contributed by atoms with van der Waals surface area (Å²) in [5, 5.41) is 0. The largest absolute Gasteiger partial charge is 0.507 e. The van der Waals surface area contributed by atoms with E-state index in [0.717, 1.165) is 0 Å². The minimum absolute atomic E-state index is 0.229. The third-order valence-electron chi connectivity index (χ3n) is 1.16. The number of rotatable bonds is 4. The second-order valence-electron chi connectivity index (χ2n) is 2.76. The fraction of sp³-hybridized carbons (Fsp3) is 0.857. The highest BCUT2D eigenvalue weighted by Gasteiger charge is 2.08. The van der Waals surface area contributed by atoms with E-state index in [2.05, 4.69) is 9.47 Å². The third-order valence-corrected chi connectivity index (χ3v) is 2.42. The van der Waals surface area contributed by atoms with Crippen LogP contribution in [0.25, 0.3) is 0 Å². The van der Waals surface area contributed by atoms with Crippen molar-refractivity contribution >= 4 is 16.6 Å². The molecule has 0 rings (SSSR count). The summed E-state index contributed by atoms with van der Waals surface area (Å²) in [6.45, 7) is 0.229. The van der Waals surface area contributed by atoms with E-state index in [1.54, 1.807) is 12.5 Å². The highest BCUT2D eigenvalue weighted by molar-refractivity contribution is 8.28. The van der Waals surface area contributed by atoms with Crippen LogP contribution in [0.1, 0.15) is 6.42 Å². The third kappa shape index (κ3) is 7.65. The Kier molecular flexibility index (Phi) is 5.04. The first-order valence-corrected chi connectivity index (χ1v) is 6.09. The molecule has 0 aromatic carbocycles. The van der Waals surface area contributed by atoms with Crippen LogP contribution < -0.4 is 0 Å². The number of halogens is 1. The molecule has 0 aromatic heterocycles. The van der Waals surface area contributed by atoms with Gasteiger partial charge in [-0.2, -0.15) is 3.89 Å². The maximum absolute atomic E-state index is 12.9. The number of hydrogen-bond donors (Lipinski definition) is 0. The van der Waals surface area contributed by atoms with Crippen LogP contribution in [0.3, 0.4) is 0 Å². The zero-order valence-corrected chi connectivity index (χ0v) is 8.45. The number of ether oxygens (including phenoxy) is 2. The molecule has 0 spiro atoms. The minimum Gasteiger partial charge on any atom is -0.438 e. The van der Waals surface area contributed by atoms with E-state index in [4.69, 9.17) is 0 Å². The lowest BCUT2D eigenvalue weighted by Crippen LogP contribution is -2.07. The standard InChI is InChI=1S/C7H15FO3S/c1-10-7(9)11-5-4-6-12(2,3)8/h4-6H2,1-3H3. The second-order valence-corrected chi connectivity index (χ2v) is 5.98. The van der Waals surface area contributed by atoms with Crippen LogP contribution in [0, 0.1) is 0 Å². The molecule has 5 heteroatoms. The maximum atomic E-state index is 12.9. The Hall–Kier alpha value is -0.450. The molecule has 0 saturated carbocycles. The fourth-order valence-electron chi connectivity index (χ4n) is 0.617. The summed E-state index contributed by atoms with van der Waals surface area (Å²) >= 11 is 0. The van der Waals surface area contributed by atoms with Gasteiger partial charge < -0.3 is 9.47 Å². The van der Waals surface area contributed by atoms with Crippen LogP contribution in [0.5, 0.6) is 0 Å². The summed E-state index contributed by atoms with van der Waals surface area (Å²) < 4.78 is 21.7. The number of carbonyl (C=O) groups is 1. The van der Waals surface area contributed by atoms with Gasteiger partial charge in [0.05, 0.1) is 13.7 Å². The van der Waals surface area contributed by atoms with E-state index < -0.39 is 16.6 Å². The Labute approximate surface area is 73.8 Å². The van der Waals surface area contributed by atoms with E-state index in [1.807, 2.05) is 0 Å². The molecule has 0 bridgehead atoms. The first-order valence-electron chi connectivity index (χ1n) is 3.57. The summed E-state index contributed by atoms with van der Waals surface area (Å²) in [6, 6.07) is 0. The van der Waals surface area contributed by atoms with Gasteiger partial charge in [-0.3, -0.25) is 0 Å². The summed E-state index contributed by atoms with van der Waals surface area (Å²) in [4.78, 5) is 10.4. The van der Waals surface area contributed by atoms with E-state index in [1.165, 1.54) is 7.11 Å². The molecule has 0 fully saturated rings. The minimum atomic E-state index is -1.96. The molecule has 12 heavy (non-hydrogen) atoms. The Balaban J connectivity index is 3.28. The van der Waals surface area contributed by atoms with E-state index in [9.17, 15) is 8.68 Å². The van der Waals surface area contributed by atoms with E-state index >= 15 is 0 Å². The maximum Gasteiger partial charge on any atom is 0.507 e. The Morgan fingerprint density at radius 1 is 1.50 bits per heavy atom. The normalized spacial score (nSPS) is 12.3. The smallest absolute Gasteiger partial charge is 0.438 e. The van der Waals surface area contributed by atoms with Gasteiger partial charge in [0.25, 0.3) is 0 Å². The van der Waals surface area contributed by atoms with Gasteiger partial charge in [0.15, 0.2) is 0 Å². The highest BCUT2D eigenvalue weighted by Crippen LogP contribution is 2.41. The average Bonchev–Trinajstić information content (AvgIpc) is 1.96. The monoisotopic (exact) mass is 198 g/mol. The van der Waals surface area contributed by atoms with Crippen LogP contribution in [0.15, 0.2) is 0 Å². The van der Waals surface area contributed by atoms with Gasteiger partial charge in [0.2, 0.25) is 0 Å². The fourth-order valence-corrected chi connectivity index (χ4v) is 1.42. The van der Waals surface area contributed by atoms with Crippen LogP contribution in [0.4, 0.5) is 8.68 Å².